The van der Waals surface area contributed by atoms with Crippen LogP contribution in [0.1, 0.15) is 17.2 Å². The fourth-order valence-corrected chi connectivity index (χ4v) is 2.68. The number of amides is 1. The molecule has 22 heavy (non-hydrogen) atoms. The molecule has 1 aliphatic rings. The second-order valence-corrected chi connectivity index (χ2v) is 5.68. The first kappa shape index (κ1) is 15.0. The first-order valence-corrected chi connectivity index (χ1v) is 7.52. The monoisotopic (exact) mass is 316 g/mol. The van der Waals surface area contributed by atoms with E-state index in [1.165, 1.54) is 0 Å². The Bertz CT molecular complexity index is 632. The van der Waals surface area contributed by atoms with E-state index in [-0.39, 0.29) is 17.9 Å². The molecular weight excluding hydrogens is 300 g/mol. The minimum atomic E-state index is -0.169. The number of pyridine rings is 1. The van der Waals surface area contributed by atoms with Crippen LogP contribution in [0, 0.1) is 5.92 Å². The molecule has 0 radical (unpaired) electrons. The summed E-state index contributed by atoms with van der Waals surface area (Å²) in [5.74, 6) is -0.154. The molecule has 1 aromatic carbocycles. The van der Waals surface area contributed by atoms with Gasteiger partial charge in [-0.2, -0.15) is 0 Å². The van der Waals surface area contributed by atoms with Crippen LogP contribution >= 0.6 is 11.6 Å². The van der Waals surface area contributed by atoms with Crippen LogP contribution in [0.4, 0.5) is 0 Å². The summed E-state index contributed by atoms with van der Waals surface area (Å²) >= 11 is 5.91. The summed E-state index contributed by atoms with van der Waals surface area (Å²) in [6.45, 7) is 1.07. The first-order valence-electron chi connectivity index (χ1n) is 7.14. The van der Waals surface area contributed by atoms with Crippen molar-refractivity contribution in [2.45, 2.75) is 12.6 Å². The predicted molar refractivity (Wildman–Crippen MR) is 84.9 cm³/mol. The lowest BCUT2D eigenvalue weighted by molar-refractivity contribution is -0.125. The molecule has 1 aliphatic heterocycles. The molecule has 1 fully saturated rings. The van der Waals surface area contributed by atoms with E-state index in [9.17, 15) is 4.79 Å². The third kappa shape index (κ3) is 3.44. The average molecular weight is 317 g/mol. The fraction of sp³-hybridized carbons (Fsp3) is 0.250. The Morgan fingerprint density at radius 2 is 2.14 bits per heavy atom. The van der Waals surface area contributed by atoms with E-state index < -0.39 is 0 Å². The Hall–Kier alpha value is -1.95. The zero-order chi connectivity index (χ0) is 15.4. The zero-order valence-corrected chi connectivity index (χ0v) is 12.7. The molecule has 1 amide bonds. The Balaban J connectivity index is 1.65. The summed E-state index contributed by atoms with van der Waals surface area (Å²) in [4.78, 5) is 16.5. The standard InChI is InChI=1S/C16H17ClN4O/c17-13-5-3-12(4-6-13)15-14(10-20-21-15)16(22)19-9-11-2-1-7-18-8-11/h1-8,14-15,20-21H,9-10H2,(H,19,22). The van der Waals surface area contributed by atoms with E-state index in [0.29, 0.717) is 18.1 Å². The zero-order valence-electron chi connectivity index (χ0n) is 11.9. The van der Waals surface area contributed by atoms with Gasteiger partial charge in [-0.05, 0) is 29.3 Å². The lowest BCUT2D eigenvalue weighted by Gasteiger charge is -2.18. The van der Waals surface area contributed by atoms with E-state index in [0.717, 1.165) is 11.1 Å². The number of nitrogens with zero attached hydrogens (tertiary/aromatic N) is 1. The summed E-state index contributed by atoms with van der Waals surface area (Å²) in [7, 11) is 0. The second-order valence-electron chi connectivity index (χ2n) is 5.24. The molecule has 2 aromatic rings. The van der Waals surface area contributed by atoms with Crippen LogP contribution in [0.25, 0.3) is 0 Å². The summed E-state index contributed by atoms with van der Waals surface area (Å²) in [6.07, 6.45) is 3.47. The van der Waals surface area contributed by atoms with Gasteiger partial charge in [-0.25, -0.2) is 5.43 Å². The SMILES string of the molecule is O=C(NCc1cccnc1)C1CNNC1c1ccc(Cl)cc1. The molecule has 3 N–H and O–H groups in total. The maximum Gasteiger partial charge on any atom is 0.226 e. The molecule has 2 heterocycles. The third-order valence-electron chi connectivity index (χ3n) is 3.74. The van der Waals surface area contributed by atoms with Gasteiger partial charge in [0.05, 0.1) is 12.0 Å². The van der Waals surface area contributed by atoms with Crippen molar-refractivity contribution in [3.8, 4) is 0 Å². The maximum atomic E-state index is 12.4. The van der Waals surface area contributed by atoms with Crippen LogP contribution in [0.2, 0.25) is 5.02 Å². The van der Waals surface area contributed by atoms with Crippen molar-refractivity contribution >= 4 is 17.5 Å². The molecule has 0 saturated carbocycles. The molecule has 6 heteroatoms. The van der Waals surface area contributed by atoms with Gasteiger partial charge in [-0.1, -0.05) is 29.8 Å². The smallest absolute Gasteiger partial charge is 0.226 e. The Morgan fingerprint density at radius 3 is 2.86 bits per heavy atom. The number of nitrogens with one attached hydrogen (secondary N) is 3. The summed E-state index contributed by atoms with van der Waals surface area (Å²) in [5.41, 5.74) is 8.24. The third-order valence-corrected chi connectivity index (χ3v) is 3.99. The molecular formula is C16H17ClN4O. The molecule has 3 rings (SSSR count). The average Bonchev–Trinajstić information content (AvgIpc) is 3.04. The molecule has 1 saturated heterocycles. The van der Waals surface area contributed by atoms with Crippen molar-refractivity contribution in [3.63, 3.8) is 0 Å². The number of halogens is 1. The van der Waals surface area contributed by atoms with Gasteiger partial charge < -0.3 is 5.32 Å². The second kappa shape index (κ2) is 6.87. The highest BCUT2D eigenvalue weighted by atomic mass is 35.5. The Kier molecular flexibility index (Phi) is 4.68. The first-order chi connectivity index (χ1) is 10.7. The van der Waals surface area contributed by atoms with Gasteiger partial charge in [0.25, 0.3) is 0 Å². The highest BCUT2D eigenvalue weighted by molar-refractivity contribution is 6.30. The van der Waals surface area contributed by atoms with Crippen LogP contribution in [-0.4, -0.2) is 17.4 Å². The molecule has 5 nitrogen and oxygen atoms in total. The van der Waals surface area contributed by atoms with Crippen molar-refractivity contribution in [3.05, 3.63) is 64.9 Å². The molecule has 2 unspecified atom stereocenters. The fourth-order valence-electron chi connectivity index (χ4n) is 2.55. The summed E-state index contributed by atoms with van der Waals surface area (Å²) in [5, 5.41) is 3.65. The number of rotatable bonds is 4. The topological polar surface area (TPSA) is 66.0 Å². The molecule has 0 bridgehead atoms. The number of carbonyl (C=O) groups excluding carboxylic acids is 1. The van der Waals surface area contributed by atoms with E-state index in [2.05, 4.69) is 21.2 Å². The van der Waals surface area contributed by atoms with Crippen molar-refractivity contribution in [1.82, 2.24) is 21.2 Å². The molecule has 0 aliphatic carbocycles. The van der Waals surface area contributed by atoms with Crippen LogP contribution in [0.5, 0.6) is 0 Å². The molecule has 1 aromatic heterocycles. The number of aromatic nitrogens is 1. The van der Waals surface area contributed by atoms with Crippen molar-refractivity contribution in [2.75, 3.05) is 6.54 Å². The van der Waals surface area contributed by atoms with E-state index in [4.69, 9.17) is 11.6 Å². The van der Waals surface area contributed by atoms with E-state index >= 15 is 0 Å². The number of hydrazine groups is 1. The minimum absolute atomic E-state index is 0.0151. The highest BCUT2D eigenvalue weighted by Crippen LogP contribution is 2.26. The van der Waals surface area contributed by atoms with Crippen molar-refractivity contribution < 1.29 is 4.79 Å². The van der Waals surface area contributed by atoms with Crippen LogP contribution < -0.4 is 16.2 Å². The molecule has 2 atom stereocenters. The van der Waals surface area contributed by atoms with Crippen molar-refractivity contribution in [2.24, 2.45) is 5.92 Å². The minimum Gasteiger partial charge on any atom is -0.352 e. The molecule has 0 spiro atoms. The Labute approximate surface area is 134 Å². The van der Waals surface area contributed by atoms with Gasteiger partial charge in [-0.15, -0.1) is 0 Å². The van der Waals surface area contributed by atoms with Crippen LogP contribution in [0.3, 0.4) is 0 Å². The summed E-state index contributed by atoms with van der Waals surface area (Å²) in [6, 6.07) is 11.3. The largest absolute Gasteiger partial charge is 0.352 e. The number of hydrogen-bond acceptors (Lipinski definition) is 4. The number of carbonyl (C=O) groups is 1. The van der Waals surface area contributed by atoms with Gasteiger partial charge in [0.2, 0.25) is 5.91 Å². The highest BCUT2D eigenvalue weighted by Gasteiger charge is 2.33. The van der Waals surface area contributed by atoms with Gasteiger partial charge in [-0.3, -0.25) is 15.2 Å². The van der Waals surface area contributed by atoms with E-state index in [1.807, 2.05) is 36.4 Å². The quantitative estimate of drug-likeness (QED) is 0.805. The Morgan fingerprint density at radius 1 is 1.32 bits per heavy atom. The van der Waals surface area contributed by atoms with Crippen LogP contribution in [-0.2, 0) is 11.3 Å². The van der Waals surface area contributed by atoms with E-state index in [1.54, 1.807) is 12.4 Å². The lowest BCUT2D eigenvalue weighted by atomic mass is 9.94. The van der Waals surface area contributed by atoms with Gasteiger partial charge in [0.1, 0.15) is 0 Å². The van der Waals surface area contributed by atoms with Crippen molar-refractivity contribution in [1.29, 1.82) is 0 Å². The predicted octanol–water partition coefficient (Wildman–Crippen LogP) is 1.82. The normalized spacial score (nSPS) is 20.8. The molecule has 114 valence electrons. The summed E-state index contributed by atoms with van der Waals surface area (Å²) < 4.78 is 0. The number of benzene rings is 1. The number of hydrogen-bond donors (Lipinski definition) is 3. The van der Waals surface area contributed by atoms with Gasteiger partial charge in [0, 0.05) is 30.5 Å². The maximum absolute atomic E-state index is 12.4. The van der Waals surface area contributed by atoms with Gasteiger partial charge >= 0.3 is 0 Å². The van der Waals surface area contributed by atoms with Crippen LogP contribution in [0.15, 0.2) is 48.8 Å². The lowest BCUT2D eigenvalue weighted by Crippen LogP contribution is -2.34. The van der Waals surface area contributed by atoms with Gasteiger partial charge in [0.15, 0.2) is 0 Å².